The van der Waals surface area contributed by atoms with E-state index in [1.165, 1.54) is 19.4 Å². The molecule has 0 aliphatic carbocycles. The maximum Gasteiger partial charge on any atom is 0.387 e. The van der Waals surface area contributed by atoms with Crippen LogP contribution in [0.15, 0.2) is 29.8 Å². The molecule has 0 spiro atoms. The van der Waals surface area contributed by atoms with Gasteiger partial charge in [0.05, 0.1) is 12.8 Å². The molecular formula is C17H11F4N3O4S. The number of carbonyl (C=O) groups excluding carboxylic acids is 2. The summed E-state index contributed by atoms with van der Waals surface area (Å²) in [6.07, 6.45) is 1.49. The molecule has 3 aromatic rings. The Kier molecular flexibility index (Phi) is 5.82. The number of hydrogen-bond donors (Lipinski definition) is 2. The first-order valence-corrected chi connectivity index (χ1v) is 8.64. The summed E-state index contributed by atoms with van der Waals surface area (Å²) in [6.45, 7) is -3.27. The summed E-state index contributed by atoms with van der Waals surface area (Å²) in [6, 6.07) is 2.44. The van der Waals surface area contributed by atoms with Crippen LogP contribution in [0.3, 0.4) is 0 Å². The summed E-state index contributed by atoms with van der Waals surface area (Å²) < 4.78 is 60.8. The summed E-state index contributed by atoms with van der Waals surface area (Å²) >= 11 is 0.972. The smallest absolute Gasteiger partial charge is 0.387 e. The second-order valence-corrected chi connectivity index (χ2v) is 6.28. The lowest BCUT2D eigenvalue weighted by atomic mass is 10.1. The van der Waals surface area contributed by atoms with Crippen LogP contribution in [-0.2, 0) is 4.74 Å². The van der Waals surface area contributed by atoms with Crippen molar-refractivity contribution < 1.29 is 36.6 Å². The molecule has 0 aliphatic rings. The maximum absolute atomic E-state index is 14.0. The molecule has 0 unspecified atom stereocenters. The number of rotatable bonds is 6. The van der Waals surface area contributed by atoms with Gasteiger partial charge in [0.1, 0.15) is 28.6 Å². The fraction of sp³-hybridized carbons (Fsp3) is 0.118. The van der Waals surface area contributed by atoms with Crippen LogP contribution in [-0.4, -0.2) is 35.6 Å². The van der Waals surface area contributed by atoms with Crippen LogP contribution in [0, 0.1) is 11.6 Å². The summed E-state index contributed by atoms with van der Waals surface area (Å²) in [4.78, 5) is 30.5. The van der Waals surface area contributed by atoms with Crippen molar-refractivity contribution in [1.29, 1.82) is 0 Å². The minimum atomic E-state index is -3.27. The minimum Gasteiger partial charge on any atom is -0.464 e. The number of benzene rings is 1. The van der Waals surface area contributed by atoms with Gasteiger partial charge >= 0.3 is 12.6 Å². The lowest BCUT2D eigenvalue weighted by molar-refractivity contribution is -0.0501. The monoisotopic (exact) mass is 429 g/mol. The van der Waals surface area contributed by atoms with Crippen molar-refractivity contribution in [2.45, 2.75) is 6.61 Å². The largest absolute Gasteiger partial charge is 0.464 e. The number of anilines is 1. The molecule has 0 aliphatic heterocycles. The predicted octanol–water partition coefficient (Wildman–Crippen LogP) is 4.06. The van der Waals surface area contributed by atoms with Crippen LogP contribution in [0.25, 0.3) is 11.3 Å². The Bertz CT molecular complexity index is 1040. The van der Waals surface area contributed by atoms with E-state index in [1.807, 2.05) is 0 Å². The normalized spacial score (nSPS) is 10.8. The number of H-pyrrole nitrogens is 1. The zero-order chi connectivity index (χ0) is 21.1. The van der Waals surface area contributed by atoms with Gasteiger partial charge in [0.2, 0.25) is 0 Å². The molecule has 12 heteroatoms. The average Bonchev–Trinajstić information content (AvgIpc) is 3.29. The Labute approximate surface area is 164 Å². The van der Waals surface area contributed by atoms with Crippen molar-refractivity contribution in [3.05, 3.63) is 52.7 Å². The molecular weight excluding hydrogens is 418 g/mol. The molecule has 0 bridgehead atoms. The quantitative estimate of drug-likeness (QED) is 0.455. The molecule has 0 saturated carbocycles. The SMILES string of the molecule is COC(=O)c1cc(-c2csc(NC(=O)c3c(F)cc(OC(F)F)cc3F)n2)c[nH]1. The molecule has 0 atom stereocenters. The van der Waals surface area contributed by atoms with Gasteiger partial charge < -0.3 is 14.5 Å². The fourth-order valence-electron chi connectivity index (χ4n) is 2.33. The number of methoxy groups -OCH3 is 1. The number of halogens is 4. The van der Waals surface area contributed by atoms with Gasteiger partial charge in [0.25, 0.3) is 5.91 Å². The first-order chi connectivity index (χ1) is 13.8. The number of amides is 1. The highest BCUT2D eigenvalue weighted by atomic mass is 32.1. The van der Waals surface area contributed by atoms with E-state index >= 15 is 0 Å². The van der Waals surface area contributed by atoms with Crippen molar-refractivity contribution in [1.82, 2.24) is 9.97 Å². The van der Waals surface area contributed by atoms with Gasteiger partial charge in [0.15, 0.2) is 5.13 Å². The molecule has 2 N–H and O–H groups in total. The van der Waals surface area contributed by atoms with Crippen LogP contribution in [0.5, 0.6) is 5.75 Å². The molecule has 0 fully saturated rings. The number of hydrogen-bond acceptors (Lipinski definition) is 6. The van der Waals surface area contributed by atoms with E-state index in [0.29, 0.717) is 23.4 Å². The number of nitrogens with zero attached hydrogens (tertiary/aromatic N) is 1. The second-order valence-electron chi connectivity index (χ2n) is 5.43. The Balaban J connectivity index is 1.77. The highest BCUT2D eigenvalue weighted by Gasteiger charge is 2.22. The van der Waals surface area contributed by atoms with E-state index in [4.69, 9.17) is 0 Å². The van der Waals surface area contributed by atoms with Gasteiger partial charge in [-0.05, 0) is 6.07 Å². The Morgan fingerprint density at radius 2 is 1.90 bits per heavy atom. The van der Waals surface area contributed by atoms with Gasteiger partial charge in [-0.1, -0.05) is 0 Å². The van der Waals surface area contributed by atoms with Crippen LogP contribution in [0.4, 0.5) is 22.7 Å². The van der Waals surface area contributed by atoms with Crippen molar-refractivity contribution in [2.24, 2.45) is 0 Å². The molecule has 1 amide bonds. The van der Waals surface area contributed by atoms with Gasteiger partial charge in [-0.25, -0.2) is 18.6 Å². The second kappa shape index (κ2) is 8.31. The van der Waals surface area contributed by atoms with Gasteiger partial charge in [0, 0.05) is 29.3 Å². The minimum absolute atomic E-state index is 0.0255. The lowest BCUT2D eigenvalue weighted by Crippen LogP contribution is -2.16. The Hall–Kier alpha value is -3.41. The van der Waals surface area contributed by atoms with Gasteiger partial charge in [-0.3, -0.25) is 10.1 Å². The summed E-state index contributed by atoms with van der Waals surface area (Å²) in [5.41, 5.74) is 0.126. The predicted molar refractivity (Wildman–Crippen MR) is 94.2 cm³/mol. The lowest BCUT2D eigenvalue weighted by Gasteiger charge is -2.08. The van der Waals surface area contributed by atoms with Crippen LogP contribution in [0.1, 0.15) is 20.8 Å². The number of alkyl halides is 2. The summed E-state index contributed by atoms with van der Waals surface area (Å²) in [5.74, 6) is -5.23. The van der Waals surface area contributed by atoms with Crippen molar-refractivity contribution in [3.63, 3.8) is 0 Å². The molecule has 152 valence electrons. The molecule has 2 heterocycles. The topological polar surface area (TPSA) is 93.3 Å². The van der Waals surface area contributed by atoms with Crippen molar-refractivity contribution >= 4 is 28.3 Å². The van der Waals surface area contributed by atoms with Crippen molar-refractivity contribution in [3.8, 4) is 17.0 Å². The summed E-state index contributed by atoms with van der Waals surface area (Å²) in [5, 5.41) is 3.80. The van der Waals surface area contributed by atoms with Crippen LogP contribution in [0.2, 0.25) is 0 Å². The highest BCUT2D eigenvalue weighted by molar-refractivity contribution is 7.14. The number of ether oxygens (including phenoxy) is 2. The van der Waals surface area contributed by atoms with E-state index in [2.05, 4.69) is 24.8 Å². The third kappa shape index (κ3) is 4.54. The van der Waals surface area contributed by atoms with E-state index in [-0.39, 0.29) is 10.8 Å². The maximum atomic E-state index is 14.0. The number of esters is 1. The molecule has 3 rings (SSSR count). The zero-order valence-corrected chi connectivity index (χ0v) is 15.3. The molecule has 1 aromatic carbocycles. The third-order valence-electron chi connectivity index (χ3n) is 3.58. The van der Waals surface area contributed by atoms with E-state index in [0.717, 1.165) is 11.3 Å². The Morgan fingerprint density at radius 3 is 2.52 bits per heavy atom. The molecule has 29 heavy (non-hydrogen) atoms. The molecule has 7 nitrogen and oxygen atoms in total. The highest BCUT2D eigenvalue weighted by Crippen LogP contribution is 2.27. The van der Waals surface area contributed by atoms with E-state index in [9.17, 15) is 27.2 Å². The number of aromatic amines is 1. The van der Waals surface area contributed by atoms with Crippen LogP contribution < -0.4 is 10.1 Å². The number of thiazole rings is 1. The van der Waals surface area contributed by atoms with Crippen molar-refractivity contribution in [2.75, 3.05) is 12.4 Å². The molecule has 0 radical (unpaired) electrons. The zero-order valence-electron chi connectivity index (χ0n) is 14.5. The van der Waals surface area contributed by atoms with E-state index in [1.54, 1.807) is 5.38 Å². The molecule has 0 saturated heterocycles. The average molecular weight is 429 g/mol. The van der Waals surface area contributed by atoms with Gasteiger partial charge in [-0.2, -0.15) is 8.78 Å². The number of carbonyl (C=O) groups is 2. The standard InChI is InChI=1S/C17H11F4N3O4S/c1-27-15(26)11-2-7(5-22-11)12-6-29-17(23-12)24-14(25)13-9(18)3-8(4-10(13)19)28-16(20)21/h2-6,16,22H,1H3,(H,23,24,25). The number of aromatic nitrogens is 2. The molecule has 2 aromatic heterocycles. The summed E-state index contributed by atoms with van der Waals surface area (Å²) in [7, 11) is 1.23. The first-order valence-electron chi connectivity index (χ1n) is 7.76. The Morgan fingerprint density at radius 1 is 1.21 bits per heavy atom. The number of nitrogens with one attached hydrogen (secondary N) is 2. The first kappa shape index (κ1) is 20.3. The fourth-order valence-corrected chi connectivity index (χ4v) is 3.05. The third-order valence-corrected chi connectivity index (χ3v) is 4.33. The van der Waals surface area contributed by atoms with E-state index < -0.39 is 41.4 Å². The van der Waals surface area contributed by atoms with Crippen LogP contribution >= 0.6 is 11.3 Å². The van der Waals surface area contributed by atoms with Gasteiger partial charge in [-0.15, -0.1) is 11.3 Å².